The van der Waals surface area contributed by atoms with Gasteiger partial charge in [0, 0.05) is 25.1 Å². The van der Waals surface area contributed by atoms with Crippen molar-refractivity contribution < 1.29 is 18.0 Å². The molecule has 2 aromatic rings. The number of carbonyl (C=O) groups is 1. The topological polar surface area (TPSA) is 97.9 Å². The summed E-state index contributed by atoms with van der Waals surface area (Å²) in [5, 5.41) is 0. The van der Waals surface area contributed by atoms with Gasteiger partial charge in [-0.05, 0) is 25.8 Å². The minimum atomic E-state index is -4.32. The minimum Gasteiger partial charge on any atom is -0.369 e. The van der Waals surface area contributed by atoms with E-state index >= 15 is 0 Å². The molecule has 138 valence electrons. The number of primary amides is 1. The molecule has 26 heavy (non-hydrogen) atoms. The number of hydrogen-bond acceptors (Lipinski definition) is 6. The highest BCUT2D eigenvalue weighted by Crippen LogP contribution is 2.34. The van der Waals surface area contributed by atoms with Gasteiger partial charge < -0.3 is 10.6 Å². The van der Waals surface area contributed by atoms with Gasteiger partial charge in [-0.3, -0.25) is 4.79 Å². The number of rotatable bonds is 4. The molecule has 0 spiro atoms. The first-order valence-corrected chi connectivity index (χ1v) is 8.05. The van der Waals surface area contributed by atoms with E-state index in [0.717, 1.165) is 4.90 Å². The summed E-state index contributed by atoms with van der Waals surface area (Å²) in [6.07, 6.45) is 0.381. The van der Waals surface area contributed by atoms with Crippen LogP contribution in [0.3, 0.4) is 0 Å². The first-order chi connectivity index (χ1) is 12.3. The molecule has 1 aliphatic rings. The maximum atomic E-state index is 13.1. The highest BCUT2D eigenvalue weighted by molar-refractivity contribution is 5.81. The van der Waals surface area contributed by atoms with Crippen molar-refractivity contribution in [3.8, 4) is 11.4 Å². The van der Waals surface area contributed by atoms with E-state index in [1.54, 1.807) is 13.0 Å². The van der Waals surface area contributed by atoms with Crippen LogP contribution in [0.1, 0.15) is 31.4 Å². The third-order valence-electron chi connectivity index (χ3n) is 4.33. The summed E-state index contributed by atoms with van der Waals surface area (Å²) in [6, 6.07) is 0.0103. The van der Waals surface area contributed by atoms with Gasteiger partial charge in [0.05, 0.1) is 17.2 Å². The van der Waals surface area contributed by atoms with E-state index in [4.69, 9.17) is 5.73 Å². The predicted octanol–water partition coefficient (Wildman–Crippen LogP) is 2.05. The van der Waals surface area contributed by atoms with Gasteiger partial charge in [0.15, 0.2) is 5.82 Å². The van der Waals surface area contributed by atoms with Gasteiger partial charge in [-0.1, -0.05) is 0 Å². The smallest absolute Gasteiger partial charge is 0.369 e. The second-order valence-electron chi connectivity index (χ2n) is 6.09. The molecule has 7 nitrogen and oxygen atoms in total. The van der Waals surface area contributed by atoms with Crippen molar-refractivity contribution in [1.82, 2.24) is 19.9 Å². The van der Waals surface area contributed by atoms with Crippen molar-refractivity contribution in [2.45, 2.75) is 37.9 Å². The van der Waals surface area contributed by atoms with Crippen LogP contribution in [-0.2, 0) is 4.79 Å². The van der Waals surface area contributed by atoms with E-state index in [1.807, 2.05) is 0 Å². The standard InChI is InChI=1S/C16H17F3N6O/c1-9(13(20)26)11-4-5-21-14(24-11)10-7-22-15(23-8-10)25-6-2-3-12(25)16(17,18)19/h4-5,7-9,12H,2-3,6H2,1H3,(H2,20,26)/t9?,12-/m1/s1. The van der Waals surface area contributed by atoms with Crippen LogP contribution in [0.5, 0.6) is 0 Å². The summed E-state index contributed by atoms with van der Waals surface area (Å²) in [5.74, 6) is -0.811. The van der Waals surface area contributed by atoms with E-state index in [2.05, 4.69) is 19.9 Å². The molecule has 2 aromatic heterocycles. The van der Waals surface area contributed by atoms with Crippen LogP contribution in [0.2, 0.25) is 0 Å². The quantitative estimate of drug-likeness (QED) is 0.889. The third-order valence-corrected chi connectivity index (χ3v) is 4.33. The molecule has 3 rings (SSSR count). The summed E-state index contributed by atoms with van der Waals surface area (Å²) in [4.78, 5) is 28.9. The lowest BCUT2D eigenvalue weighted by molar-refractivity contribution is -0.146. The summed E-state index contributed by atoms with van der Waals surface area (Å²) in [6.45, 7) is 1.88. The van der Waals surface area contributed by atoms with Crippen LogP contribution in [0.4, 0.5) is 19.1 Å². The molecule has 1 aliphatic heterocycles. The second kappa shape index (κ2) is 6.85. The molecule has 0 aliphatic carbocycles. The van der Waals surface area contributed by atoms with Gasteiger partial charge in [-0.25, -0.2) is 19.9 Å². The molecular formula is C16H17F3N6O. The lowest BCUT2D eigenvalue weighted by atomic mass is 10.1. The molecule has 0 bridgehead atoms. The lowest BCUT2D eigenvalue weighted by Gasteiger charge is -2.26. The molecule has 2 N–H and O–H groups in total. The average molecular weight is 366 g/mol. The zero-order chi connectivity index (χ0) is 18.9. The molecular weight excluding hydrogens is 349 g/mol. The Bertz CT molecular complexity index is 795. The van der Waals surface area contributed by atoms with Gasteiger partial charge in [0.2, 0.25) is 11.9 Å². The first kappa shape index (κ1) is 18.0. The van der Waals surface area contributed by atoms with Crippen molar-refractivity contribution >= 4 is 11.9 Å². The number of nitrogens with zero attached hydrogens (tertiary/aromatic N) is 5. The second-order valence-corrected chi connectivity index (χ2v) is 6.09. The molecule has 0 aromatic carbocycles. The van der Waals surface area contributed by atoms with Gasteiger partial charge in [-0.2, -0.15) is 13.2 Å². The molecule has 1 saturated heterocycles. The number of amides is 1. The van der Waals surface area contributed by atoms with Gasteiger partial charge >= 0.3 is 6.18 Å². The maximum Gasteiger partial charge on any atom is 0.408 e. The molecule has 0 radical (unpaired) electrons. The summed E-state index contributed by atoms with van der Waals surface area (Å²) >= 11 is 0. The number of nitrogens with two attached hydrogens (primary N) is 1. The fourth-order valence-electron chi connectivity index (χ4n) is 2.83. The third kappa shape index (κ3) is 3.58. The number of aromatic nitrogens is 4. The first-order valence-electron chi connectivity index (χ1n) is 8.05. The van der Waals surface area contributed by atoms with Crippen LogP contribution < -0.4 is 10.6 Å². The van der Waals surface area contributed by atoms with Gasteiger partial charge in [0.1, 0.15) is 6.04 Å². The van der Waals surface area contributed by atoms with E-state index in [9.17, 15) is 18.0 Å². The fourth-order valence-corrected chi connectivity index (χ4v) is 2.83. The Kier molecular flexibility index (Phi) is 4.75. The average Bonchev–Trinajstić information content (AvgIpc) is 3.11. The Morgan fingerprint density at radius 1 is 1.31 bits per heavy atom. The van der Waals surface area contributed by atoms with Crippen molar-refractivity contribution in [3.63, 3.8) is 0 Å². The monoisotopic (exact) mass is 366 g/mol. The normalized spacial score (nSPS) is 18.8. The zero-order valence-electron chi connectivity index (χ0n) is 13.9. The number of halogens is 3. The van der Waals surface area contributed by atoms with Gasteiger partial charge in [0.25, 0.3) is 0 Å². The van der Waals surface area contributed by atoms with Crippen LogP contribution in [0.15, 0.2) is 24.7 Å². The largest absolute Gasteiger partial charge is 0.408 e. The molecule has 10 heteroatoms. The zero-order valence-corrected chi connectivity index (χ0v) is 13.9. The number of alkyl halides is 3. The Labute approximate surface area is 147 Å². The SMILES string of the molecule is CC(C(N)=O)c1ccnc(-c2cnc(N3CCC[C@@H]3C(F)(F)F)nc2)n1. The van der Waals surface area contributed by atoms with E-state index in [0.29, 0.717) is 17.7 Å². The van der Waals surface area contributed by atoms with E-state index in [1.165, 1.54) is 18.6 Å². The Morgan fingerprint density at radius 2 is 2.00 bits per heavy atom. The van der Waals surface area contributed by atoms with Crippen molar-refractivity contribution in [1.29, 1.82) is 0 Å². The molecule has 1 amide bonds. The Morgan fingerprint density at radius 3 is 2.62 bits per heavy atom. The molecule has 0 saturated carbocycles. The van der Waals surface area contributed by atoms with Crippen LogP contribution in [0, 0.1) is 0 Å². The molecule has 1 fully saturated rings. The minimum absolute atomic E-state index is 0.0234. The van der Waals surface area contributed by atoms with Crippen LogP contribution >= 0.6 is 0 Å². The predicted molar refractivity (Wildman–Crippen MR) is 87.1 cm³/mol. The Hall–Kier alpha value is -2.78. The fraction of sp³-hybridized carbons (Fsp3) is 0.438. The number of anilines is 1. The molecule has 1 unspecified atom stereocenters. The summed E-state index contributed by atoms with van der Waals surface area (Å²) in [5.41, 5.74) is 6.16. The maximum absolute atomic E-state index is 13.1. The van der Waals surface area contributed by atoms with Crippen LogP contribution in [0.25, 0.3) is 11.4 Å². The summed E-state index contributed by atoms with van der Waals surface area (Å²) in [7, 11) is 0. The highest BCUT2D eigenvalue weighted by atomic mass is 19.4. The molecule has 3 heterocycles. The lowest BCUT2D eigenvalue weighted by Crippen LogP contribution is -2.42. The highest BCUT2D eigenvalue weighted by Gasteiger charge is 2.46. The van der Waals surface area contributed by atoms with Gasteiger partial charge in [-0.15, -0.1) is 0 Å². The molecule has 2 atom stereocenters. The van der Waals surface area contributed by atoms with Crippen molar-refractivity contribution in [3.05, 3.63) is 30.4 Å². The van der Waals surface area contributed by atoms with Crippen LogP contribution in [-0.4, -0.2) is 44.6 Å². The number of hydrogen-bond donors (Lipinski definition) is 1. The van der Waals surface area contributed by atoms with E-state index < -0.39 is 24.0 Å². The number of carbonyl (C=O) groups excluding carboxylic acids is 1. The Balaban J connectivity index is 1.84. The van der Waals surface area contributed by atoms with Crippen molar-refractivity contribution in [2.75, 3.05) is 11.4 Å². The van der Waals surface area contributed by atoms with Crippen molar-refractivity contribution in [2.24, 2.45) is 5.73 Å². The van der Waals surface area contributed by atoms with E-state index in [-0.39, 0.29) is 24.7 Å². The summed E-state index contributed by atoms with van der Waals surface area (Å²) < 4.78 is 39.2.